The van der Waals surface area contributed by atoms with Crippen LogP contribution in [0.3, 0.4) is 0 Å². The van der Waals surface area contributed by atoms with E-state index in [4.69, 9.17) is 0 Å². The molecule has 1 aliphatic heterocycles. The number of rotatable bonds is 10. The monoisotopic (exact) mass is 289 g/mol. The Labute approximate surface area is 119 Å². The number of hydrogen-bond donors (Lipinski definition) is 1. The minimum atomic E-state index is -2.73. The molecule has 0 aromatic rings. The Hall–Kier alpha value is -0.0900. The van der Waals surface area contributed by atoms with Crippen molar-refractivity contribution >= 4 is 9.84 Å². The van der Waals surface area contributed by atoms with Crippen LogP contribution >= 0.6 is 0 Å². The van der Waals surface area contributed by atoms with Gasteiger partial charge in [0.1, 0.15) is 0 Å². The van der Waals surface area contributed by atoms with Gasteiger partial charge in [0, 0.05) is 0 Å². The van der Waals surface area contributed by atoms with Gasteiger partial charge in [-0.25, -0.2) is 8.42 Å². The van der Waals surface area contributed by atoms with Crippen molar-refractivity contribution in [1.29, 1.82) is 0 Å². The summed E-state index contributed by atoms with van der Waals surface area (Å²) in [6.07, 6.45) is 8.57. The van der Waals surface area contributed by atoms with Crippen LogP contribution in [-0.4, -0.2) is 33.0 Å². The summed E-state index contributed by atoms with van der Waals surface area (Å²) in [7, 11) is -2.73. The summed E-state index contributed by atoms with van der Waals surface area (Å²) in [5, 5.41) is 3.41. The van der Waals surface area contributed by atoms with Crippen molar-refractivity contribution in [2.75, 3.05) is 24.6 Å². The van der Waals surface area contributed by atoms with E-state index in [1.807, 2.05) is 0 Å². The Morgan fingerprint density at radius 2 is 1.89 bits per heavy atom. The van der Waals surface area contributed by atoms with Gasteiger partial charge in [-0.1, -0.05) is 46.0 Å². The first-order chi connectivity index (χ1) is 9.09. The minimum Gasteiger partial charge on any atom is -0.317 e. The average Bonchev–Trinajstić information content (AvgIpc) is 2.73. The fourth-order valence-corrected chi connectivity index (χ4v) is 4.96. The van der Waals surface area contributed by atoms with Crippen molar-refractivity contribution < 1.29 is 8.42 Å². The summed E-state index contributed by atoms with van der Waals surface area (Å²) in [5.74, 6) is 1.79. The van der Waals surface area contributed by atoms with Gasteiger partial charge in [-0.15, -0.1) is 0 Å². The Balaban J connectivity index is 2.34. The second-order valence-corrected chi connectivity index (χ2v) is 8.16. The molecule has 1 aliphatic rings. The van der Waals surface area contributed by atoms with E-state index in [9.17, 15) is 8.42 Å². The van der Waals surface area contributed by atoms with Gasteiger partial charge in [-0.3, -0.25) is 0 Å². The molecule has 0 saturated carbocycles. The summed E-state index contributed by atoms with van der Waals surface area (Å²) >= 11 is 0. The highest BCUT2D eigenvalue weighted by Gasteiger charge is 2.32. The van der Waals surface area contributed by atoms with Crippen LogP contribution in [0, 0.1) is 11.8 Å². The Bertz CT molecular complexity index is 327. The lowest BCUT2D eigenvalue weighted by atomic mass is 9.87. The maximum atomic E-state index is 11.6. The third-order valence-corrected chi connectivity index (χ3v) is 6.06. The molecule has 0 amide bonds. The molecule has 0 radical (unpaired) electrons. The molecule has 0 aromatic heterocycles. The molecule has 2 unspecified atom stereocenters. The molecule has 0 bridgehead atoms. The van der Waals surface area contributed by atoms with Gasteiger partial charge in [-0.05, 0) is 37.8 Å². The van der Waals surface area contributed by atoms with Crippen LogP contribution in [0.5, 0.6) is 0 Å². The quantitative estimate of drug-likeness (QED) is 0.629. The highest BCUT2D eigenvalue weighted by atomic mass is 32.2. The van der Waals surface area contributed by atoms with E-state index in [1.165, 1.54) is 38.5 Å². The van der Waals surface area contributed by atoms with E-state index in [2.05, 4.69) is 19.2 Å². The molecule has 1 rings (SSSR count). The third kappa shape index (κ3) is 6.75. The zero-order valence-corrected chi connectivity index (χ0v) is 13.5. The highest BCUT2D eigenvalue weighted by molar-refractivity contribution is 7.91. The summed E-state index contributed by atoms with van der Waals surface area (Å²) < 4.78 is 23.2. The maximum absolute atomic E-state index is 11.6. The molecule has 2 atom stereocenters. The van der Waals surface area contributed by atoms with Crippen molar-refractivity contribution in [3.8, 4) is 0 Å². The highest BCUT2D eigenvalue weighted by Crippen LogP contribution is 2.29. The average molecular weight is 289 g/mol. The van der Waals surface area contributed by atoms with Gasteiger partial charge in [0.15, 0.2) is 9.84 Å². The van der Waals surface area contributed by atoms with Crippen molar-refractivity contribution in [2.24, 2.45) is 11.8 Å². The van der Waals surface area contributed by atoms with Crippen LogP contribution in [0.1, 0.15) is 58.8 Å². The number of nitrogens with one attached hydrogen (secondary N) is 1. The Morgan fingerprint density at radius 1 is 1.16 bits per heavy atom. The first-order valence-electron chi connectivity index (χ1n) is 8.00. The normalized spacial score (nSPS) is 23.6. The zero-order valence-electron chi connectivity index (χ0n) is 12.7. The summed E-state index contributed by atoms with van der Waals surface area (Å²) in [4.78, 5) is 0. The minimum absolute atomic E-state index is 0.398. The van der Waals surface area contributed by atoms with Gasteiger partial charge in [0.05, 0.1) is 11.5 Å². The van der Waals surface area contributed by atoms with Crippen LogP contribution in [0.15, 0.2) is 0 Å². The topological polar surface area (TPSA) is 46.2 Å². The standard InChI is InChI=1S/C15H31NO2S/c1-3-5-6-7-8-9-14(12-16-4-2)15-10-11-19(17,18)13-15/h14-16H,3-13H2,1-2H3. The number of unbranched alkanes of at least 4 members (excludes halogenated alkanes) is 4. The zero-order chi connectivity index (χ0) is 14.1. The summed E-state index contributed by atoms with van der Waals surface area (Å²) in [6, 6.07) is 0. The van der Waals surface area contributed by atoms with Gasteiger partial charge in [-0.2, -0.15) is 0 Å². The molecule has 3 nitrogen and oxygen atoms in total. The molecular weight excluding hydrogens is 258 g/mol. The van der Waals surface area contributed by atoms with Gasteiger partial charge >= 0.3 is 0 Å². The smallest absolute Gasteiger partial charge is 0.150 e. The van der Waals surface area contributed by atoms with Crippen LogP contribution < -0.4 is 5.32 Å². The van der Waals surface area contributed by atoms with Crippen LogP contribution in [-0.2, 0) is 9.84 Å². The van der Waals surface area contributed by atoms with Gasteiger partial charge in [0.25, 0.3) is 0 Å². The fraction of sp³-hybridized carbons (Fsp3) is 1.00. The Kier molecular flexibility index (Phi) is 8.00. The first kappa shape index (κ1) is 17.0. The van der Waals surface area contributed by atoms with Crippen molar-refractivity contribution in [2.45, 2.75) is 58.8 Å². The van der Waals surface area contributed by atoms with Crippen molar-refractivity contribution in [3.63, 3.8) is 0 Å². The van der Waals surface area contributed by atoms with E-state index in [-0.39, 0.29) is 0 Å². The van der Waals surface area contributed by atoms with E-state index in [0.29, 0.717) is 23.3 Å². The largest absolute Gasteiger partial charge is 0.317 e. The molecule has 0 aromatic carbocycles. The van der Waals surface area contributed by atoms with E-state index >= 15 is 0 Å². The van der Waals surface area contributed by atoms with Crippen LogP contribution in [0.2, 0.25) is 0 Å². The van der Waals surface area contributed by atoms with E-state index in [0.717, 1.165) is 19.5 Å². The molecule has 0 spiro atoms. The summed E-state index contributed by atoms with van der Waals surface area (Å²) in [5.41, 5.74) is 0. The third-order valence-electron chi connectivity index (χ3n) is 4.27. The number of sulfone groups is 1. The van der Waals surface area contributed by atoms with Crippen LogP contribution in [0.25, 0.3) is 0 Å². The van der Waals surface area contributed by atoms with E-state index in [1.54, 1.807) is 0 Å². The second kappa shape index (κ2) is 8.96. The molecule has 19 heavy (non-hydrogen) atoms. The lowest BCUT2D eigenvalue weighted by Crippen LogP contribution is -2.29. The molecular formula is C15H31NO2S. The Morgan fingerprint density at radius 3 is 2.47 bits per heavy atom. The lowest BCUT2D eigenvalue weighted by molar-refractivity contribution is 0.316. The van der Waals surface area contributed by atoms with E-state index < -0.39 is 9.84 Å². The predicted molar refractivity (Wildman–Crippen MR) is 82.2 cm³/mol. The second-order valence-electron chi connectivity index (χ2n) is 5.93. The van der Waals surface area contributed by atoms with Gasteiger partial charge in [0.2, 0.25) is 0 Å². The van der Waals surface area contributed by atoms with Gasteiger partial charge < -0.3 is 5.32 Å². The predicted octanol–water partition coefficient (Wildman–Crippen LogP) is 3.01. The molecule has 0 aliphatic carbocycles. The molecule has 114 valence electrons. The molecule has 1 N–H and O–H groups in total. The van der Waals surface area contributed by atoms with Crippen molar-refractivity contribution in [3.05, 3.63) is 0 Å². The first-order valence-corrected chi connectivity index (χ1v) is 9.82. The molecule has 1 saturated heterocycles. The molecule has 1 fully saturated rings. The molecule has 4 heteroatoms. The maximum Gasteiger partial charge on any atom is 0.150 e. The fourth-order valence-electron chi connectivity index (χ4n) is 3.04. The number of hydrogen-bond acceptors (Lipinski definition) is 3. The van der Waals surface area contributed by atoms with Crippen molar-refractivity contribution in [1.82, 2.24) is 5.32 Å². The lowest BCUT2D eigenvalue weighted by Gasteiger charge is -2.22. The molecule has 1 heterocycles. The summed E-state index contributed by atoms with van der Waals surface area (Å²) in [6.45, 7) is 6.32. The van der Waals surface area contributed by atoms with Crippen LogP contribution in [0.4, 0.5) is 0 Å². The SMILES string of the molecule is CCCCCCCC(CNCC)C1CCS(=O)(=O)C1.